The first kappa shape index (κ1) is 17.7. The number of nitro benzene ring substituents is 1. The highest BCUT2D eigenvalue weighted by atomic mass is 16.6. The molecule has 0 saturated carbocycles. The van der Waals surface area contributed by atoms with Gasteiger partial charge in [-0.1, -0.05) is 26.8 Å². The van der Waals surface area contributed by atoms with Crippen LogP contribution in [0.1, 0.15) is 55.4 Å². The topological polar surface area (TPSA) is 76.6 Å². The summed E-state index contributed by atoms with van der Waals surface area (Å²) in [6.45, 7) is 7.56. The second-order valence-electron chi connectivity index (χ2n) is 6.85. The van der Waals surface area contributed by atoms with Crippen LogP contribution in [0.5, 0.6) is 0 Å². The normalized spacial score (nSPS) is 12.7. The number of rotatable bonds is 4. The van der Waals surface area contributed by atoms with Crippen LogP contribution in [0.25, 0.3) is 0 Å². The summed E-state index contributed by atoms with van der Waals surface area (Å²) < 4.78 is 5.33. The summed E-state index contributed by atoms with van der Waals surface area (Å²) in [5.41, 5.74) is 0.478. The molecular formula is C18H22N2O4. The molecule has 2 rings (SSSR count). The maximum absolute atomic E-state index is 12.7. The molecule has 1 aromatic carbocycles. The van der Waals surface area contributed by atoms with E-state index < -0.39 is 4.92 Å². The van der Waals surface area contributed by atoms with Gasteiger partial charge in [0.05, 0.1) is 17.2 Å². The van der Waals surface area contributed by atoms with Gasteiger partial charge >= 0.3 is 0 Å². The van der Waals surface area contributed by atoms with Crippen molar-refractivity contribution in [3.05, 3.63) is 63.6 Å². The van der Waals surface area contributed by atoms with E-state index in [-0.39, 0.29) is 28.6 Å². The fourth-order valence-electron chi connectivity index (χ4n) is 2.55. The average Bonchev–Trinajstić information content (AvgIpc) is 3.05. The maximum Gasteiger partial charge on any atom is 0.273 e. The highest BCUT2D eigenvalue weighted by Crippen LogP contribution is 2.32. The Labute approximate surface area is 141 Å². The number of carbonyl (C=O) groups is 1. The van der Waals surface area contributed by atoms with Crippen molar-refractivity contribution in [3.8, 4) is 0 Å². The van der Waals surface area contributed by atoms with Crippen molar-refractivity contribution in [2.75, 3.05) is 7.05 Å². The third-order valence-electron chi connectivity index (χ3n) is 4.11. The highest BCUT2D eigenvalue weighted by Gasteiger charge is 2.28. The van der Waals surface area contributed by atoms with E-state index >= 15 is 0 Å². The number of hydrogen-bond acceptors (Lipinski definition) is 4. The molecule has 1 amide bonds. The van der Waals surface area contributed by atoms with E-state index in [4.69, 9.17) is 4.42 Å². The largest absolute Gasteiger partial charge is 0.467 e. The molecule has 0 aliphatic heterocycles. The van der Waals surface area contributed by atoms with Crippen LogP contribution in [-0.4, -0.2) is 22.8 Å². The molecule has 6 nitrogen and oxygen atoms in total. The lowest BCUT2D eigenvalue weighted by Gasteiger charge is -2.24. The molecule has 128 valence electrons. The minimum atomic E-state index is -0.437. The van der Waals surface area contributed by atoms with Crippen LogP contribution < -0.4 is 0 Å². The van der Waals surface area contributed by atoms with Crippen molar-refractivity contribution in [3.63, 3.8) is 0 Å². The standard InChI is InChI=1S/C18H22N2O4/c1-12(16-7-6-10-24-16)19(5)17(21)13-8-9-14(18(2,3)4)15(11-13)20(22)23/h6-12H,1-5H3. The van der Waals surface area contributed by atoms with Crippen molar-refractivity contribution >= 4 is 11.6 Å². The van der Waals surface area contributed by atoms with Crippen LogP contribution in [0, 0.1) is 10.1 Å². The predicted octanol–water partition coefficient (Wildman–Crippen LogP) is 4.32. The predicted molar refractivity (Wildman–Crippen MR) is 91.0 cm³/mol. The van der Waals surface area contributed by atoms with Gasteiger partial charge in [-0.15, -0.1) is 0 Å². The van der Waals surface area contributed by atoms with Crippen molar-refractivity contribution < 1.29 is 14.1 Å². The summed E-state index contributed by atoms with van der Waals surface area (Å²) in [5, 5.41) is 11.4. The van der Waals surface area contributed by atoms with Gasteiger partial charge in [-0.2, -0.15) is 0 Å². The van der Waals surface area contributed by atoms with E-state index in [1.807, 2.05) is 27.7 Å². The van der Waals surface area contributed by atoms with Crippen molar-refractivity contribution in [2.24, 2.45) is 0 Å². The maximum atomic E-state index is 12.7. The van der Waals surface area contributed by atoms with Gasteiger partial charge in [-0.3, -0.25) is 14.9 Å². The lowest BCUT2D eigenvalue weighted by Crippen LogP contribution is -2.29. The van der Waals surface area contributed by atoms with Gasteiger partial charge in [0.15, 0.2) is 0 Å². The van der Waals surface area contributed by atoms with Crippen LogP contribution >= 0.6 is 0 Å². The first-order valence-electron chi connectivity index (χ1n) is 7.72. The Hall–Kier alpha value is -2.63. The Morgan fingerprint density at radius 3 is 2.46 bits per heavy atom. The molecule has 0 fully saturated rings. The highest BCUT2D eigenvalue weighted by molar-refractivity contribution is 5.95. The van der Waals surface area contributed by atoms with E-state index in [9.17, 15) is 14.9 Å². The van der Waals surface area contributed by atoms with Crippen LogP contribution in [0.4, 0.5) is 5.69 Å². The summed E-state index contributed by atoms with van der Waals surface area (Å²) >= 11 is 0. The van der Waals surface area contributed by atoms with E-state index in [1.54, 1.807) is 37.6 Å². The fourth-order valence-corrected chi connectivity index (χ4v) is 2.55. The molecule has 0 radical (unpaired) electrons. The Morgan fingerprint density at radius 1 is 1.29 bits per heavy atom. The smallest absolute Gasteiger partial charge is 0.273 e. The molecule has 0 aliphatic rings. The Morgan fingerprint density at radius 2 is 1.96 bits per heavy atom. The zero-order valence-electron chi connectivity index (χ0n) is 14.6. The SMILES string of the molecule is CC(c1ccco1)N(C)C(=O)c1ccc(C(C)(C)C)c([N+](=O)[O-])c1. The molecule has 6 heteroatoms. The number of carbonyl (C=O) groups excluding carboxylic acids is 1. The van der Waals surface area contributed by atoms with E-state index in [0.29, 0.717) is 11.3 Å². The van der Waals surface area contributed by atoms with Crippen molar-refractivity contribution in [2.45, 2.75) is 39.2 Å². The van der Waals surface area contributed by atoms with Gasteiger partial charge in [0.2, 0.25) is 0 Å². The molecule has 1 aromatic heterocycles. The molecule has 0 spiro atoms. The molecule has 1 atom stereocenters. The molecule has 0 saturated heterocycles. The molecule has 1 unspecified atom stereocenters. The minimum Gasteiger partial charge on any atom is -0.467 e. The third-order valence-corrected chi connectivity index (χ3v) is 4.11. The Bertz CT molecular complexity index is 745. The minimum absolute atomic E-state index is 0.0348. The Balaban J connectivity index is 2.36. The zero-order valence-corrected chi connectivity index (χ0v) is 14.6. The van der Waals surface area contributed by atoms with E-state index in [2.05, 4.69) is 0 Å². The van der Waals surface area contributed by atoms with Gasteiger partial charge in [-0.25, -0.2) is 0 Å². The summed E-state index contributed by atoms with van der Waals surface area (Å²) in [4.78, 5) is 25.1. The quantitative estimate of drug-likeness (QED) is 0.618. The van der Waals surface area contributed by atoms with Gasteiger partial charge < -0.3 is 9.32 Å². The average molecular weight is 330 g/mol. The number of nitrogens with zero attached hydrogens (tertiary/aromatic N) is 2. The van der Waals surface area contributed by atoms with Crippen LogP contribution in [0.3, 0.4) is 0 Å². The number of benzene rings is 1. The molecule has 0 N–H and O–H groups in total. The van der Waals surface area contributed by atoms with Gasteiger partial charge in [0.25, 0.3) is 11.6 Å². The molecule has 2 aromatic rings. The lowest BCUT2D eigenvalue weighted by atomic mass is 9.85. The third kappa shape index (κ3) is 3.48. The van der Waals surface area contributed by atoms with Crippen LogP contribution in [0.15, 0.2) is 41.0 Å². The van der Waals surface area contributed by atoms with Crippen LogP contribution in [-0.2, 0) is 5.41 Å². The van der Waals surface area contributed by atoms with Gasteiger partial charge in [0, 0.05) is 24.2 Å². The molecule has 1 heterocycles. The number of nitro groups is 1. The lowest BCUT2D eigenvalue weighted by molar-refractivity contribution is -0.386. The van der Waals surface area contributed by atoms with Crippen molar-refractivity contribution in [1.29, 1.82) is 0 Å². The van der Waals surface area contributed by atoms with E-state index in [0.717, 1.165) is 0 Å². The fraction of sp³-hybridized carbons (Fsp3) is 0.389. The number of amides is 1. The first-order valence-corrected chi connectivity index (χ1v) is 7.72. The molecule has 24 heavy (non-hydrogen) atoms. The Kier molecular flexibility index (Phi) is 4.78. The summed E-state index contributed by atoms with van der Waals surface area (Å²) in [5.74, 6) is 0.370. The second-order valence-corrected chi connectivity index (χ2v) is 6.85. The number of hydrogen-bond donors (Lipinski definition) is 0. The first-order chi connectivity index (χ1) is 11.1. The van der Waals surface area contributed by atoms with E-state index in [1.165, 1.54) is 11.0 Å². The summed E-state index contributed by atoms with van der Waals surface area (Å²) in [7, 11) is 1.65. The van der Waals surface area contributed by atoms with Crippen LogP contribution in [0.2, 0.25) is 0 Å². The molecule has 0 aliphatic carbocycles. The van der Waals surface area contributed by atoms with Gasteiger partial charge in [0.1, 0.15) is 5.76 Å². The van der Waals surface area contributed by atoms with Gasteiger partial charge in [-0.05, 0) is 30.5 Å². The molecular weight excluding hydrogens is 308 g/mol. The monoisotopic (exact) mass is 330 g/mol. The molecule has 0 bridgehead atoms. The second kappa shape index (κ2) is 6.47. The van der Waals surface area contributed by atoms with Crippen molar-refractivity contribution in [1.82, 2.24) is 4.90 Å². The zero-order chi connectivity index (χ0) is 18.1. The number of furan rings is 1. The summed E-state index contributed by atoms with van der Waals surface area (Å²) in [6.07, 6.45) is 1.55. The summed E-state index contributed by atoms with van der Waals surface area (Å²) in [6, 6.07) is 7.94.